The number of carbonyl (C=O) groups excluding carboxylic acids is 1. The van der Waals surface area contributed by atoms with Gasteiger partial charge in [-0.1, -0.05) is 34.1 Å². The monoisotopic (exact) mass is 376 g/mol. The molecule has 0 bridgehead atoms. The minimum Gasteiger partial charge on any atom is -0.489 e. The van der Waals surface area contributed by atoms with Gasteiger partial charge >= 0.3 is 0 Å². The number of ether oxygens (including phenoxy) is 1. The Morgan fingerprint density at radius 2 is 1.96 bits per heavy atom. The lowest BCUT2D eigenvalue weighted by Crippen LogP contribution is -2.17. The van der Waals surface area contributed by atoms with Gasteiger partial charge in [-0.2, -0.15) is 0 Å². The summed E-state index contributed by atoms with van der Waals surface area (Å²) in [5, 5.41) is 6.13. The Morgan fingerprint density at radius 3 is 2.70 bits per heavy atom. The maximum absolute atomic E-state index is 12.1. The molecular formula is C18H21BrN2O2. The van der Waals surface area contributed by atoms with Crippen LogP contribution in [0.1, 0.15) is 20.3 Å². The molecule has 2 N–H and O–H groups in total. The summed E-state index contributed by atoms with van der Waals surface area (Å²) in [6.45, 7) is 4.48. The number of carbonyl (C=O) groups is 1. The Kier molecular flexibility index (Phi) is 6.47. The van der Waals surface area contributed by atoms with Gasteiger partial charge in [-0.25, -0.2) is 0 Å². The van der Waals surface area contributed by atoms with Gasteiger partial charge in [0.1, 0.15) is 5.75 Å². The first-order chi connectivity index (χ1) is 11.0. The molecule has 23 heavy (non-hydrogen) atoms. The molecule has 0 aliphatic carbocycles. The SMILES string of the molecule is CC(C)Oc1ccccc1NC(=O)CCNc1cccc(Br)c1. The maximum atomic E-state index is 12.1. The van der Waals surface area contributed by atoms with E-state index in [-0.39, 0.29) is 12.0 Å². The summed E-state index contributed by atoms with van der Waals surface area (Å²) < 4.78 is 6.70. The summed E-state index contributed by atoms with van der Waals surface area (Å²) in [5.74, 6) is 0.642. The van der Waals surface area contributed by atoms with Gasteiger partial charge in [0.05, 0.1) is 11.8 Å². The van der Waals surface area contributed by atoms with Crippen molar-refractivity contribution in [2.24, 2.45) is 0 Å². The van der Waals surface area contributed by atoms with Crippen LogP contribution in [0, 0.1) is 0 Å². The molecule has 1 amide bonds. The highest BCUT2D eigenvalue weighted by Gasteiger charge is 2.08. The molecule has 0 saturated carbocycles. The normalized spacial score (nSPS) is 10.4. The van der Waals surface area contributed by atoms with E-state index in [2.05, 4.69) is 26.6 Å². The highest BCUT2D eigenvalue weighted by molar-refractivity contribution is 9.10. The Morgan fingerprint density at radius 1 is 1.17 bits per heavy atom. The predicted octanol–water partition coefficient (Wildman–Crippen LogP) is 4.68. The Bertz CT molecular complexity index is 659. The molecule has 0 unspecified atom stereocenters. The lowest BCUT2D eigenvalue weighted by molar-refractivity contribution is -0.116. The number of rotatable bonds is 7. The van der Waals surface area contributed by atoms with Crippen molar-refractivity contribution in [2.75, 3.05) is 17.2 Å². The number of anilines is 2. The molecule has 0 aromatic heterocycles. The largest absolute Gasteiger partial charge is 0.489 e. The summed E-state index contributed by atoms with van der Waals surface area (Å²) in [7, 11) is 0. The van der Waals surface area contributed by atoms with Gasteiger partial charge in [-0.05, 0) is 44.2 Å². The van der Waals surface area contributed by atoms with Gasteiger partial charge < -0.3 is 15.4 Å². The van der Waals surface area contributed by atoms with Gasteiger partial charge in [0.25, 0.3) is 0 Å². The lowest BCUT2D eigenvalue weighted by atomic mass is 10.2. The van der Waals surface area contributed by atoms with E-state index in [0.29, 0.717) is 24.4 Å². The number of para-hydroxylation sites is 2. The highest BCUT2D eigenvalue weighted by Crippen LogP contribution is 2.25. The van der Waals surface area contributed by atoms with Crippen LogP contribution in [0.15, 0.2) is 53.0 Å². The van der Waals surface area contributed by atoms with Crippen molar-refractivity contribution in [2.45, 2.75) is 26.4 Å². The number of halogens is 1. The fourth-order valence-electron chi connectivity index (χ4n) is 2.06. The van der Waals surface area contributed by atoms with Gasteiger partial charge in [0, 0.05) is 23.1 Å². The molecule has 122 valence electrons. The quantitative estimate of drug-likeness (QED) is 0.737. The molecule has 0 fully saturated rings. The topological polar surface area (TPSA) is 50.4 Å². The van der Waals surface area contributed by atoms with E-state index in [1.54, 1.807) is 0 Å². The molecule has 2 aromatic carbocycles. The summed E-state index contributed by atoms with van der Waals surface area (Å²) >= 11 is 3.42. The van der Waals surface area contributed by atoms with Gasteiger partial charge in [-0.3, -0.25) is 4.79 Å². The van der Waals surface area contributed by atoms with E-state index in [1.165, 1.54) is 0 Å². The summed E-state index contributed by atoms with van der Waals surface area (Å²) in [5.41, 5.74) is 1.68. The van der Waals surface area contributed by atoms with E-state index in [4.69, 9.17) is 4.74 Å². The number of hydrogen-bond donors (Lipinski definition) is 2. The van der Waals surface area contributed by atoms with Crippen LogP contribution in [0.4, 0.5) is 11.4 Å². The van der Waals surface area contributed by atoms with Crippen LogP contribution in [0.3, 0.4) is 0 Å². The average molecular weight is 377 g/mol. The molecule has 0 spiro atoms. The van der Waals surface area contributed by atoms with Crippen molar-refractivity contribution in [1.82, 2.24) is 0 Å². The second kappa shape index (κ2) is 8.58. The van der Waals surface area contributed by atoms with E-state index in [0.717, 1.165) is 10.2 Å². The third kappa shape index (κ3) is 5.94. The fourth-order valence-corrected chi connectivity index (χ4v) is 2.46. The minimum absolute atomic E-state index is 0.0488. The molecule has 4 nitrogen and oxygen atoms in total. The molecule has 0 aliphatic rings. The first-order valence-corrected chi connectivity index (χ1v) is 8.39. The molecular weight excluding hydrogens is 356 g/mol. The van der Waals surface area contributed by atoms with Crippen molar-refractivity contribution in [3.63, 3.8) is 0 Å². The van der Waals surface area contributed by atoms with Crippen LogP contribution in [-0.4, -0.2) is 18.6 Å². The third-order valence-electron chi connectivity index (χ3n) is 3.03. The molecule has 0 heterocycles. The molecule has 0 aliphatic heterocycles. The second-order valence-electron chi connectivity index (χ2n) is 5.40. The first-order valence-electron chi connectivity index (χ1n) is 7.59. The van der Waals surface area contributed by atoms with E-state index in [9.17, 15) is 4.79 Å². The van der Waals surface area contributed by atoms with Crippen LogP contribution in [0.2, 0.25) is 0 Å². The van der Waals surface area contributed by atoms with Crippen LogP contribution in [0.5, 0.6) is 5.75 Å². The number of hydrogen-bond acceptors (Lipinski definition) is 3. The van der Waals surface area contributed by atoms with E-state index in [1.807, 2.05) is 62.4 Å². The zero-order chi connectivity index (χ0) is 16.7. The number of nitrogens with one attached hydrogen (secondary N) is 2. The lowest BCUT2D eigenvalue weighted by Gasteiger charge is -2.15. The zero-order valence-corrected chi connectivity index (χ0v) is 14.9. The van der Waals surface area contributed by atoms with E-state index >= 15 is 0 Å². The smallest absolute Gasteiger partial charge is 0.226 e. The molecule has 0 atom stereocenters. The molecule has 5 heteroatoms. The van der Waals surface area contributed by atoms with Crippen LogP contribution < -0.4 is 15.4 Å². The van der Waals surface area contributed by atoms with Crippen LogP contribution in [-0.2, 0) is 4.79 Å². The average Bonchev–Trinajstić information content (AvgIpc) is 2.49. The first kappa shape index (κ1) is 17.3. The van der Waals surface area contributed by atoms with Gasteiger partial charge in [0.15, 0.2) is 0 Å². The fraction of sp³-hybridized carbons (Fsp3) is 0.278. The maximum Gasteiger partial charge on any atom is 0.226 e. The molecule has 0 radical (unpaired) electrons. The second-order valence-corrected chi connectivity index (χ2v) is 6.31. The summed E-state index contributed by atoms with van der Waals surface area (Å²) in [4.78, 5) is 12.1. The molecule has 2 aromatic rings. The van der Waals surface area contributed by atoms with Crippen molar-refractivity contribution in [3.05, 3.63) is 53.0 Å². The van der Waals surface area contributed by atoms with Crippen LogP contribution >= 0.6 is 15.9 Å². The Hall–Kier alpha value is -2.01. The standard InChI is InChI=1S/C18H21BrN2O2/c1-13(2)23-17-9-4-3-8-16(17)21-18(22)10-11-20-15-7-5-6-14(19)12-15/h3-9,12-13,20H,10-11H2,1-2H3,(H,21,22). The van der Waals surface area contributed by atoms with Crippen molar-refractivity contribution < 1.29 is 9.53 Å². The minimum atomic E-state index is -0.0488. The zero-order valence-electron chi connectivity index (χ0n) is 13.3. The van der Waals surface area contributed by atoms with Crippen molar-refractivity contribution in [1.29, 1.82) is 0 Å². The molecule has 0 saturated heterocycles. The van der Waals surface area contributed by atoms with Gasteiger partial charge in [0.2, 0.25) is 5.91 Å². The molecule has 2 rings (SSSR count). The van der Waals surface area contributed by atoms with E-state index < -0.39 is 0 Å². The van der Waals surface area contributed by atoms with Crippen molar-refractivity contribution in [3.8, 4) is 5.75 Å². The van der Waals surface area contributed by atoms with Crippen LogP contribution in [0.25, 0.3) is 0 Å². The number of benzene rings is 2. The van der Waals surface area contributed by atoms with Crippen molar-refractivity contribution >= 4 is 33.2 Å². The third-order valence-corrected chi connectivity index (χ3v) is 3.52. The predicted molar refractivity (Wildman–Crippen MR) is 98.1 cm³/mol. The summed E-state index contributed by atoms with van der Waals surface area (Å²) in [6, 6.07) is 15.3. The Labute approximate surface area is 145 Å². The number of amides is 1. The van der Waals surface area contributed by atoms with Gasteiger partial charge in [-0.15, -0.1) is 0 Å². The highest BCUT2D eigenvalue weighted by atomic mass is 79.9. The summed E-state index contributed by atoms with van der Waals surface area (Å²) in [6.07, 6.45) is 0.439. The Balaban J connectivity index is 1.85.